The van der Waals surface area contributed by atoms with Crippen LogP contribution in [0.4, 0.5) is 4.39 Å². The van der Waals surface area contributed by atoms with Gasteiger partial charge in [-0.2, -0.15) is 0 Å². The van der Waals surface area contributed by atoms with Crippen molar-refractivity contribution in [3.05, 3.63) is 32.1 Å². The van der Waals surface area contributed by atoms with E-state index in [1.807, 2.05) is 22.6 Å². The van der Waals surface area contributed by atoms with Gasteiger partial charge in [0, 0.05) is 3.57 Å². The highest BCUT2D eigenvalue weighted by atomic mass is 127. The first kappa shape index (κ1) is 9.73. The Balaban J connectivity index is 3.38. The molecule has 0 aromatic heterocycles. The quantitative estimate of drug-likeness (QED) is 0.810. The molecule has 0 spiro atoms. The van der Waals surface area contributed by atoms with Crippen molar-refractivity contribution in [2.45, 2.75) is 0 Å². The van der Waals surface area contributed by atoms with E-state index >= 15 is 0 Å². The van der Waals surface area contributed by atoms with Crippen LogP contribution in [0.1, 0.15) is 10.4 Å². The van der Waals surface area contributed by atoms with Crippen molar-refractivity contribution >= 4 is 40.2 Å². The maximum absolute atomic E-state index is 12.9. The topological polar surface area (TPSA) is 37.3 Å². The summed E-state index contributed by atoms with van der Waals surface area (Å²) in [4.78, 5) is 10.4. The van der Waals surface area contributed by atoms with Gasteiger partial charge in [-0.3, -0.25) is 0 Å². The summed E-state index contributed by atoms with van der Waals surface area (Å²) in [6.07, 6.45) is 0. The number of benzene rings is 1. The normalized spacial score (nSPS) is 9.92. The van der Waals surface area contributed by atoms with Crippen LogP contribution in [0.3, 0.4) is 0 Å². The van der Waals surface area contributed by atoms with Crippen LogP contribution in [-0.2, 0) is 0 Å². The molecule has 12 heavy (non-hydrogen) atoms. The fourth-order valence-corrected chi connectivity index (χ4v) is 1.80. The van der Waals surface area contributed by atoms with Crippen molar-refractivity contribution in [3.63, 3.8) is 0 Å². The van der Waals surface area contributed by atoms with Crippen molar-refractivity contribution < 1.29 is 14.3 Å². The van der Waals surface area contributed by atoms with Gasteiger partial charge in [0.15, 0.2) is 0 Å². The number of rotatable bonds is 1. The Labute approximate surface area is 86.5 Å². The fraction of sp³-hybridized carbons (Fsp3) is 0. The minimum atomic E-state index is -1.35. The maximum Gasteiger partial charge on any atom is 0.340 e. The zero-order chi connectivity index (χ0) is 9.30. The standard InChI is InChI=1S/C7H3ClFIO2/c8-4-1-3(10)2-5(9)6(4)7(11)12/h1-2H,(H,11,12). The lowest BCUT2D eigenvalue weighted by Crippen LogP contribution is -2.01. The Hall–Kier alpha value is -0.360. The summed E-state index contributed by atoms with van der Waals surface area (Å²) in [6, 6.07) is 2.52. The molecule has 0 aliphatic carbocycles. The predicted molar refractivity (Wildman–Crippen MR) is 51.1 cm³/mol. The van der Waals surface area contributed by atoms with E-state index in [4.69, 9.17) is 16.7 Å². The highest BCUT2D eigenvalue weighted by molar-refractivity contribution is 14.1. The lowest BCUT2D eigenvalue weighted by Gasteiger charge is -2.00. The Morgan fingerprint density at radius 2 is 2.17 bits per heavy atom. The third-order valence-corrected chi connectivity index (χ3v) is 2.14. The number of halogens is 3. The first-order valence-electron chi connectivity index (χ1n) is 2.90. The smallest absolute Gasteiger partial charge is 0.340 e. The molecule has 0 radical (unpaired) electrons. The van der Waals surface area contributed by atoms with Crippen LogP contribution in [0.5, 0.6) is 0 Å². The molecular weight excluding hydrogens is 297 g/mol. The van der Waals surface area contributed by atoms with E-state index in [0.717, 1.165) is 6.07 Å². The summed E-state index contributed by atoms with van der Waals surface area (Å²) in [5.41, 5.74) is -0.475. The molecule has 0 aliphatic rings. The summed E-state index contributed by atoms with van der Waals surface area (Å²) in [5.74, 6) is -2.16. The van der Waals surface area contributed by atoms with Gasteiger partial charge in [-0.1, -0.05) is 11.6 Å². The number of hydrogen-bond acceptors (Lipinski definition) is 1. The minimum Gasteiger partial charge on any atom is -0.478 e. The van der Waals surface area contributed by atoms with Gasteiger partial charge in [-0.15, -0.1) is 0 Å². The van der Waals surface area contributed by atoms with E-state index in [-0.39, 0.29) is 5.02 Å². The lowest BCUT2D eigenvalue weighted by molar-refractivity contribution is 0.0692. The van der Waals surface area contributed by atoms with E-state index in [9.17, 15) is 9.18 Å². The molecule has 0 amide bonds. The highest BCUT2D eigenvalue weighted by Gasteiger charge is 2.15. The Morgan fingerprint density at radius 1 is 1.58 bits per heavy atom. The average molecular weight is 300 g/mol. The van der Waals surface area contributed by atoms with Crippen molar-refractivity contribution in [2.24, 2.45) is 0 Å². The first-order valence-corrected chi connectivity index (χ1v) is 4.36. The van der Waals surface area contributed by atoms with Crippen LogP contribution >= 0.6 is 34.2 Å². The molecule has 1 aromatic rings. The molecule has 0 atom stereocenters. The van der Waals surface area contributed by atoms with Gasteiger partial charge in [0.1, 0.15) is 11.4 Å². The number of carbonyl (C=O) groups is 1. The average Bonchev–Trinajstić information content (AvgIpc) is 1.82. The molecule has 0 fully saturated rings. The maximum atomic E-state index is 12.9. The largest absolute Gasteiger partial charge is 0.478 e. The predicted octanol–water partition coefficient (Wildman–Crippen LogP) is 2.78. The van der Waals surface area contributed by atoms with Gasteiger partial charge >= 0.3 is 5.97 Å². The number of hydrogen-bond donors (Lipinski definition) is 1. The molecule has 64 valence electrons. The van der Waals surface area contributed by atoms with Crippen LogP contribution < -0.4 is 0 Å². The summed E-state index contributed by atoms with van der Waals surface area (Å²) >= 11 is 7.36. The second-order valence-corrected chi connectivity index (χ2v) is 3.70. The molecule has 1 rings (SSSR count). The second kappa shape index (κ2) is 3.57. The molecule has 0 bridgehead atoms. The molecule has 0 saturated carbocycles. The van der Waals surface area contributed by atoms with Gasteiger partial charge in [0.05, 0.1) is 5.02 Å². The van der Waals surface area contributed by atoms with Crippen molar-refractivity contribution in [1.82, 2.24) is 0 Å². The van der Waals surface area contributed by atoms with Crippen LogP contribution in [0.2, 0.25) is 5.02 Å². The fourth-order valence-electron chi connectivity index (χ4n) is 0.747. The Morgan fingerprint density at radius 3 is 2.58 bits per heavy atom. The van der Waals surface area contributed by atoms with Gasteiger partial charge < -0.3 is 5.11 Å². The SMILES string of the molecule is O=C(O)c1c(F)cc(I)cc1Cl. The Bertz CT molecular complexity index is 317. The molecule has 0 saturated heterocycles. The van der Waals surface area contributed by atoms with E-state index in [2.05, 4.69) is 0 Å². The lowest BCUT2D eigenvalue weighted by atomic mass is 10.2. The van der Waals surface area contributed by atoms with E-state index in [1.165, 1.54) is 6.07 Å². The van der Waals surface area contributed by atoms with Crippen molar-refractivity contribution in [2.75, 3.05) is 0 Å². The zero-order valence-electron chi connectivity index (χ0n) is 5.64. The third kappa shape index (κ3) is 1.87. The van der Waals surface area contributed by atoms with E-state index < -0.39 is 17.3 Å². The summed E-state index contributed by atoms with van der Waals surface area (Å²) < 4.78 is 13.5. The van der Waals surface area contributed by atoms with E-state index in [0.29, 0.717) is 3.57 Å². The molecule has 2 nitrogen and oxygen atoms in total. The third-order valence-electron chi connectivity index (χ3n) is 1.22. The van der Waals surface area contributed by atoms with Gasteiger partial charge in [0.25, 0.3) is 0 Å². The molecule has 0 aliphatic heterocycles. The molecular formula is C7H3ClFIO2. The van der Waals surface area contributed by atoms with Crippen molar-refractivity contribution in [1.29, 1.82) is 0 Å². The molecule has 1 N–H and O–H groups in total. The van der Waals surface area contributed by atoms with Gasteiger partial charge in [-0.05, 0) is 34.7 Å². The number of carboxylic acid groups (broad SMARTS) is 1. The minimum absolute atomic E-state index is 0.0769. The molecule has 5 heteroatoms. The van der Waals surface area contributed by atoms with Crippen LogP contribution in [0, 0.1) is 9.39 Å². The van der Waals surface area contributed by atoms with Crippen LogP contribution in [-0.4, -0.2) is 11.1 Å². The molecule has 0 unspecified atom stereocenters. The Kier molecular flexibility index (Phi) is 2.89. The second-order valence-electron chi connectivity index (χ2n) is 2.05. The zero-order valence-corrected chi connectivity index (χ0v) is 8.56. The van der Waals surface area contributed by atoms with Crippen LogP contribution in [0.15, 0.2) is 12.1 Å². The summed E-state index contributed by atoms with van der Waals surface area (Å²) in [5, 5.41) is 8.43. The van der Waals surface area contributed by atoms with Crippen molar-refractivity contribution in [3.8, 4) is 0 Å². The summed E-state index contributed by atoms with van der Waals surface area (Å²) in [6.45, 7) is 0. The van der Waals surface area contributed by atoms with Gasteiger partial charge in [0.2, 0.25) is 0 Å². The summed E-state index contributed by atoms with van der Waals surface area (Å²) in [7, 11) is 0. The molecule has 1 aromatic carbocycles. The number of carboxylic acids is 1. The van der Waals surface area contributed by atoms with Gasteiger partial charge in [-0.25, -0.2) is 9.18 Å². The van der Waals surface area contributed by atoms with Crippen LogP contribution in [0.25, 0.3) is 0 Å². The first-order chi connectivity index (χ1) is 5.52. The monoisotopic (exact) mass is 300 g/mol. The molecule has 0 heterocycles. The highest BCUT2D eigenvalue weighted by Crippen LogP contribution is 2.22. The number of aromatic carboxylic acids is 1. The van der Waals surface area contributed by atoms with E-state index in [1.54, 1.807) is 0 Å².